The van der Waals surface area contributed by atoms with E-state index in [9.17, 15) is 27.9 Å². The van der Waals surface area contributed by atoms with Crippen LogP contribution in [0.25, 0.3) is 5.65 Å². The van der Waals surface area contributed by atoms with Gasteiger partial charge >= 0.3 is 12.1 Å². The third-order valence-electron chi connectivity index (χ3n) is 8.99. The van der Waals surface area contributed by atoms with E-state index in [4.69, 9.17) is 0 Å². The number of likely N-dealkylation sites (tertiary alicyclic amines) is 1. The zero-order chi connectivity index (χ0) is 33.9. The highest BCUT2D eigenvalue weighted by Crippen LogP contribution is 2.53. The summed E-state index contributed by atoms with van der Waals surface area (Å²) in [6.07, 6.45) is -1.68. The number of carbonyl (C=O) groups excluding carboxylic acids is 1. The van der Waals surface area contributed by atoms with Gasteiger partial charge in [0, 0.05) is 45.2 Å². The molecule has 3 aliphatic rings. The predicted octanol–water partition coefficient (Wildman–Crippen LogP) is 5.83. The summed E-state index contributed by atoms with van der Waals surface area (Å²) in [7, 11) is 0. The molecule has 0 spiro atoms. The minimum atomic E-state index is -4.59. The number of carbonyl (C=O) groups is 2. The first-order chi connectivity index (χ1) is 22.4. The van der Waals surface area contributed by atoms with Crippen molar-refractivity contribution in [2.45, 2.75) is 40.3 Å². The monoisotopic (exact) mass is 651 g/mol. The molecule has 3 atom stereocenters. The number of aryl methyl sites for hydroxylation is 1. The number of carboxylic acid groups (broad SMARTS) is 1. The number of anilines is 2. The first-order valence-electron chi connectivity index (χ1n) is 15.9. The van der Waals surface area contributed by atoms with Crippen molar-refractivity contribution >= 4 is 29.0 Å². The van der Waals surface area contributed by atoms with Crippen molar-refractivity contribution in [2.24, 2.45) is 17.3 Å². The maximum Gasteiger partial charge on any atom is 0.398 e. The van der Waals surface area contributed by atoms with Crippen molar-refractivity contribution in [3.05, 3.63) is 83.9 Å². The van der Waals surface area contributed by atoms with Crippen LogP contribution in [0.15, 0.2) is 66.9 Å². The summed E-state index contributed by atoms with van der Waals surface area (Å²) in [6, 6.07) is 18.3. The van der Waals surface area contributed by atoms with E-state index in [1.807, 2.05) is 69.4 Å². The molecule has 0 aliphatic carbocycles. The molecule has 3 saturated heterocycles. The van der Waals surface area contributed by atoms with Crippen molar-refractivity contribution in [3.8, 4) is 0 Å². The summed E-state index contributed by atoms with van der Waals surface area (Å²) in [4.78, 5) is 38.0. The molecule has 1 aromatic carbocycles. The summed E-state index contributed by atoms with van der Waals surface area (Å²) >= 11 is 0. The molecule has 10 nitrogen and oxygen atoms in total. The highest BCUT2D eigenvalue weighted by Gasteiger charge is 2.67. The van der Waals surface area contributed by atoms with Gasteiger partial charge in [-0.1, -0.05) is 63.2 Å². The van der Waals surface area contributed by atoms with E-state index in [2.05, 4.69) is 26.9 Å². The fourth-order valence-electron chi connectivity index (χ4n) is 6.61. The maximum atomic E-state index is 14.6. The lowest BCUT2D eigenvalue weighted by Gasteiger charge is -2.31. The molecule has 250 valence electrons. The molecule has 0 bridgehead atoms. The molecule has 4 aromatic rings. The van der Waals surface area contributed by atoms with Gasteiger partial charge in [-0.15, -0.1) is 5.10 Å². The Bertz CT molecular complexity index is 1690. The Morgan fingerprint density at radius 1 is 0.936 bits per heavy atom. The molecular formula is C34H40F3N7O3. The fraction of sp³-hybridized carbons (Fsp3) is 0.441. The Morgan fingerprint density at radius 3 is 2.19 bits per heavy atom. The number of amides is 1. The topological polar surface area (TPSA) is 107 Å². The number of aromatic nitrogens is 4. The molecule has 3 aromatic heterocycles. The van der Waals surface area contributed by atoms with Crippen molar-refractivity contribution in [1.29, 1.82) is 0 Å². The lowest BCUT2D eigenvalue weighted by atomic mass is 9.80. The lowest BCUT2D eigenvalue weighted by molar-refractivity contribution is -0.220. The van der Waals surface area contributed by atoms with Crippen LogP contribution in [-0.4, -0.2) is 86.9 Å². The third kappa shape index (κ3) is 6.75. The molecule has 1 N–H and O–H groups in total. The molecule has 13 heteroatoms. The number of benzene rings is 1. The largest absolute Gasteiger partial charge is 0.477 e. The standard InChI is InChI=1S/C26H28F3N7O3.C6H6.C2H6/c1-15-6-7-33(9-15)18-8-16(2)22-31-21(32-36(22)12-18)23(37)35-11-17-10-34(13-25(17,14-35)26(27,28)29)20-5-3-4-19(30-20)24(38)39;1-2-4-6-5-3-1;1-2/h3-5,8,12,15,17H,6-7,9-11,13-14H2,1-2H3,(H,38,39);1-6H;1-2H3. The Balaban J connectivity index is 0.000000482. The number of hydrogen-bond donors (Lipinski definition) is 1. The normalized spacial score (nSPS) is 22.0. The van der Waals surface area contributed by atoms with Crippen LogP contribution < -0.4 is 9.80 Å². The second kappa shape index (κ2) is 13.6. The number of rotatable bonds is 4. The molecule has 7 rings (SSSR count). The quantitative estimate of drug-likeness (QED) is 0.294. The van der Waals surface area contributed by atoms with Crippen LogP contribution in [-0.2, 0) is 0 Å². The first-order valence-corrected chi connectivity index (χ1v) is 15.9. The molecule has 6 heterocycles. The van der Waals surface area contributed by atoms with Gasteiger partial charge in [-0.2, -0.15) is 13.2 Å². The van der Waals surface area contributed by atoms with Crippen molar-refractivity contribution in [1.82, 2.24) is 24.5 Å². The smallest absolute Gasteiger partial charge is 0.398 e. The minimum Gasteiger partial charge on any atom is -0.477 e. The van der Waals surface area contributed by atoms with Gasteiger partial charge in [0.1, 0.15) is 11.2 Å². The number of fused-ring (bicyclic) bond motifs is 2. The average molecular weight is 652 g/mol. The number of hydrogen-bond acceptors (Lipinski definition) is 7. The Hall–Kier alpha value is -4.68. The van der Waals surface area contributed by atoms with Crippen LogP contribution in [0.2, 0.25) is 0 Å². The third-order valence-corrected chi connectivity index (χ3v) is 8.99. The van der Waals surface area contributed by atoms with Crippen LogP contribution in [0, 0.1) is 24.2 Å². The van der Waals surface area contributed by atoms with E-state index in [0.29, 0.717) is 11.6 Å². The SMILES string of the molecule is CC.Cc1cc(N2CCC(C)C2)cn2nc(C(=O)N3CC4CN(c5cccc(C(=O)O)n5)CC4(C(F)(F)F)C3)nc12.c1ccccc1. The van der Waals surface area contributed by atoms with Crippen LogP contribution in [0.5, 0.6) is 0 Å². The van der Waals surface area contributed by atoms with E-state index in [1.165, 1.54) is 28.0 Å². The minimum absolute atomic E-state index is 0.00528. The van der Waals surface area contributed by atoms with Gasteiger partial charge in [0.2, 0.25) is 5.82 Å². The number of nitrogens with zero attached hydrogens (tertiary/aromatic N) is 7. The van der Waals surface area contributed by atoms with Crippen LogP contribution in [0.1, 0.15) is 53.9 Å². The van der Waals surface area contributed by atoms with Gasteiger partial charge in [0.25, 0.3) is 5.91 Å². The molecule has 0 radical (unpaired) electrons. The zero-order valence-corrected chi connectivity index (χ0v) is 27.0. The van der Waals surface area contributed by atoms with Gasteiger partial charge in [0.15, 0.2) is 11.3 Å². The van der Waals surface area contributed by atoms with Crippen molar-refractivity contribution < 1.29 is 27.9 Å². The Labute approximate surface area is 271 Å². The van der Waals surface area contributed by atoms with E-state index < -0.39 is 42.5 Å². The second-order valence-corrected chi connectivity index (χ2v) is 12.2. The van der Waals surface area contributed by atoms with E-state index >= 15 is 0 Å². The molecule has 1 amide bonds. The lowest BCUT2D eigenvalue weighted by Crippen LogP contribution is -2.47. The average Bonchev–Trinajstić information content (AvgIpc) is 3.85. The predicted molar refractivity (Wildman–Crippen MR) is 173 cm³/mol. The van der Waals surface area contributed by atoms with Gasteiger partial charge < -0.3 is 19.8 Å². The molecular weight excluding hydrogens is 611 g/mol. The molecule has 47 heavy (non-hydrogen) atoms. The van der Waals surface area contributed by atoms with Gasteiger partial charge in [-0.3, -0.25) is 4.79 Å². The summed E-state index contributed by atoms with van der Waals surface area (Å²) in [6.45, 7) is 8.86. The summed E-state index contributed by atoms with van der Waals surface area (Å²) in [5, 5.41) is 13.6. The maximum absolute atomic E-state index is 14.6. The fourth-order valence-corrected chi connectivity index (χ4v) is 6.61. The zero-order valence-electron chi connectivity index (χ0n) is 27.0. The number of carboxylic acids is 1. The highest BCUT2D eigenvalue weighted by molar-refractivity contribution is 5.91. The van der Waals surface area contributed by atoms with Crippen LogP contribution in [0.3, 0.4) is 0 Å². The van der Waals surface area contributed by atoms with Gasteiger partial charge in [-0.25, -0.2) is 19.3 Å². The van der Waals surface area contributed by atoms with E-state index in [-0.39, 0.29) is 30.4 Å². The Morgan fingerprint density at radius 2 is 1.62 bits per heavy atom. The number of aromatic carboxylic acids is 1. The van der Waals surface area contributed by atoms with Crippen LogP contribution in [0.4, 0.5) is 24.7 Å². The van der Waals surface area contributed by atoms with E-state index in [0.717, 1.165) is 30.8 Å². The summed E-state index contributed by atoms with van der Waals surface area (Å²) in [5.41, 5.74) is -0.109. The second-order valence-electron chi connectivity index (χ2n) is 12.2. The molecule has 3 fully saturated rings. The summed E-state index contributed by atoms with van der Waals surface area (Å²) < 4.78 is 45.2. The highest BCUT2D eigenvalue weighted by atomic mass is 19.4. The summed E-state index contributed by atoms with van der Waals surface area (Å²) in [5.74, 6) is -2.17. The van der Waals surface area contributed by atoms with Crippen molar-refractivity contribution in [2.75, 3.05) is 49.1 Å². The van der Waals surface area contributed by atoms with Gasteiger partial charge in [-0.05, 0) is 43.0 Å². The molecule has 0 saturated carbocycles. The van der Waals surface area contributed by atoms with Gasteiger partial charge in [0.05, 0.1) is 11.9 Å². The molecule has 3 aliphatic heterocycles. The van der Waals surface area contributed by atoms with E-state index in [1.54, 1.807) is 4.52 Å². The van der Waals surface area contributed by atoms with Crippen LogP contribution >= 0.6 is 0 Å². The number of halogens is 3. The number of alkyl halides is 3. The Kier molecular flexibility index (Phi) is 9.73. The first kappa shape index (κ1) is 33.7. The van der Waals surface area contributed by atoms with Crippen molar-refractivity contribution in [3.63, 3.8) is 0 Å². The number of pyridine rings is 2. The molecule has 3 unspecified atom stereocenters.